The van der Waals surface area contributed by atoms with Gasteiger partial charge in [0.1, 0.15) is 5.54 Å². The average molecular weight is 178 g/mol. The van der Waals surface area contributed by atoms with E-state index < -0.39 is 0 Å². The van der Waals surface area contributed by atoms with Crippen molar-refractivity contribution in [2.45, 2.75) is 44.6 Å². The molecule has 2 aliphatic carbocycles. The second-order valence-electron chi connectivity index (χ2n) is 4.54. The van der Waals surface area contributed by atoms with Crippen molar-refractivity contribution >= 4 is 0 Å². The van der Waals surface area contributed by atoms with Crippen LogP contribution in [0.2, 0.25) is 0 Å². The Kier molecular flexibility index (Phi) is 2.29. The van der Waals surface area contributed by atoms with Gasteiger partial charge in [0.25, 0.3) is 0 Å². The lowest BCUT2D eigenvalue weighted by atomic mass is 9.91. The molecule has 0 radical (unpaired) electrons. The van der Waals surface area contributed by atoms with E-state index in [1.165, 1.54) is 25.7 Å². The first-order chi connectivity index (χ1) is 6.30. The largest absolute Gasteiger partial charge is 0.299 e. The maximum atomic E-state index is 9.21. The number of nitriles is 1. The molecule has 2 nitrogen and oxygen atoms in total. The second kappa shape index (κ2) is 3.31. The van der Waals surface area contributed by atoms with Crippen LogP contribution in [-0.4, -0.2) is 12.1 Å². The van der Waals surface area contributed by atoms with E-state index >= 15 is 0 Å². The van der Waals surface area contributed by atoms with Crippen LogP contribution in [0.1, 0.15) is 39.0 Å². The van der Waals surface area contributed by atoms with E-state index in [2.05, 4.69) is 18.3 Å². The standard InChI is InChI=1S/C11H18N2/c1-2-11(8-12,10-5-6-10)13-7-9-3-4-9/h9-10,13H,2-7H2,1H3. The van der Waals surface area contributed by atoms with Gasteiger partial charge in [0.15, 0.2) is 0 Å². The fourth-order valence-electron chi connectivity index (χ4n) is 1.99. The Labute approximate surface area is 80.3 Å². The lowest BCUT2D eigenvalue weighted by Gasteiger charge is -2.26. The molecule has 2 aliphatic rings. The van der Waals surface area contributed by atoms with Crippen molar-refractivity contribution in [3.05, 3.63) is 0 Å². The molecule has 0 heterocycles. The van der Waals surface area contributed by atoms with E-state index in [9.17, 15) is 5.26 Å². The first kappa shape index (κ1) is 9.02. The molecule has 2 saturated carbocycles. The number of hydrogen-bond donors (Lipinski definition) is 1. The van der Waals surface area contributed by atoms with E-state index in [-0.39, 0.29) is 5.54 Å². The summed E-state index contributed by atoms with van der Waals surface area (Å²) in [6.07, 6.45) is 6.19. The molecule has 0 aromatic rings. The highest BCUT2D eigenvalue weighted by molar-refractivity contribution is 5.14. The van der Waals surface area contributed by atoms with E-state index in [4.69, 9.17) is 0 Å². The van der Waals surface area contributed by atoms with Crippen molar-refractivity contribution in [1.29, 1.82) is 5.26 Å². The zero-order valence-corrected chi connectivity index (χ0v) is 8.34. The highest BCUT2D eigenvalue weighted by Crippen LogP contribution is 2.41. The van der Waals surface area contributed by atoms with Crippen LogP contribution < -0.4 is 5.32 Å². The van der Waals surface area contributed by atoms with Crippen LogP contribution in [0.4, 0.5) is 0 Å². The summed E-state index contributed by atoms with van der Waals surface area (Å²) in [4.78, 5) is 0. The molecule has 0 aliphatic heterocycles. The molecule has 0 spiro atoms. The number of nitrogens with one attached hydrogen (secondary N) is 1. The van der Waals surface area contributed by atoms with Gasteiger partial charge in [0.05, 0.1) is 6.07 Å². The van der Waals surface area contributed by atoms with Gasteiger partial charge in [0.2, 0.25) is 0 Å². The number of nitrogens with zero attached hydrogens (tertiary/aromatic N) is 1. The molecular formula is C11H18N2. The highest BCUT2D eigenvalue weighted by Gasteiger charge is 2.44. The van der Waals surface area contributed by atoms with Gasteiger partial charge in [0, 0.05) is 0 Å². The minimum absolute atomic E-state index is 0.178. The predicted molar refractivity (Wildman–Crippen MR) is 52.1 cm³/mol. The van der Waals surface area contributed by atoms with E-state index in [0.717, 1.165) is 18.9 Å². The highest BCUT2D eigenvalue weighted by atomic mass is 15.0. The zero-order chi connectivity index (χ0) is 9.31. The van der Waals surface area contributed by atoms with Gasteiger partial charge in [-0.3, -0.25) is 5.32 Å². The quantitative estimate of drug-likeness (QED) is 0.699. The first-order valence-electron chi connectivity index (χ1n) is 5.47. The topological polar surface area (TPSA) is 35.8 Å². The van der Waals surface area contributed by atoms with Crippen LogP contribution in [-0.2, 0) is 0 Å². The Balaban J connectivity index is 1.90. The Morgan fingerprint density at radius 2 is 2.08 bits per heavy atom. The van der Waals surface area contributed by atoms with Crippen LogP contribution >= 0.6 is 0 Å². The lowest BCUT2D eigenvalue weighted by Crippen LogP contribution is -2.46. The van der Waals surface area contributed by atoms with Gasteiger partial charge in [-0.1, -0.05) is 6.92 Å². The Hall–Kier alpha value is -0.550. The molecule has 1 N–H and O–H groups in total. The van der Waals surface area contributed by atoms with E-state index in [1.54, 1.807) is 0 Å². The van der Waals surface area contributed by atoms with Crippen LogP contribution in [0.3, 0.4) is 0 Å². The molecule has 2 rings (SSSR count). The molecule has 13 heavy (non-hydrogen) atoms. The summed E-state index contributed by atoms with van der Waals surface area (Å²) in [7, 11) is 0. The van der Waals surface area contributed by atoms with Crippen molar-refractivity contribution in [3.8, 4) is 6.07 Å². The lowest BCUT2D eigenvalue weighted by molar-refractivity contribution is 0.347. The molecule has 0 aromatic carbocycles. The minimum Gasteiger partial charge on any atom is -0.299 e. The van der Waals surface area contributed by atoms with Gasteiger partial charge in [-0.25, -0.2) is 0 Å². The van der Waals surface area contributed by atoms with Gasteiger partial charge in [-0.2, -0.15) is 5.26 Å². The fourth-order valence-corrected chi connectivity index (χ4v) is 1.99. The smallest absolute Gasteiger partial charge is 0.109 e. The van der Waals surface area contributed by atoms with Crippen molar-refractivity contribution in [2.75, 3.05) is 6.54 Å². The second-order valence-corrected chi connectivity index (χ2v) is 4.54. The third kappa shape index (κ3) is 1.86. The van der Waals surface area contributed by atoms with Crippen LogP contribution in [0.25, 0.3) is 0 Å². The molecule has 2 fully saturated rings. The summed E-state index contributed by atoms with van der Waals surface area (Å²) in [6, 6.07) is 2.50. The van der Waals surface area contributed by atoms with E-state index in [1.807, 2.05) is 0 Å². The van der Waals surface area contributed by atoms with Gasteiger partial charge in [-0.05, 0) is 50.5 Å². The average Bonchev–Trinajstić information content (AvgIpc) is 3.02. The summed E-state index contributed by atoms with van der Waals surface area (Å²) in [5.74, 6) is 1.51. The summed E-state index contributed by atoms with van der Waals surface area (Å²) >= 11 is 0. The molecule has 1 unspecified atom stereocenters. The van der Waals surface area contributed by atoms with E-state index in [0.29, 0.717) is 5.92 Å². The molecule has 72 valence electrons. The monoisotopic (exact) mass is 178 g/mol. The molecular weight excluding hydrogens is 160 g/mol. The summed E-state index contributed by atoms with van der Waals surface area (Å²) in [5, 5.41) is 12.7. The third-order valence-corrected chi connectivity index (χ3v) is 3.43. The van der Waals surface area contributed by atoms with Gasteiger partial charge < -0.3 is 0 Å². The van der Waals surface area contributed by atoms with Crippen LogP contribution in [0.15, 0.2) is 0 Å². The van der Waals surface area contributed by atoms with Crippen LogP contribution in [0, 0.1) is 23.2 Å². The number of rotatable bonds is 5. The molecule has 2 heteroatoms. The summed E-state index contributed by atoms with van der Waals surface area (Å²) in [6.45, 7) is 3.19. The normalized spacial score (nSPS) is 26.5. The predicted octanol–water partition coefficient (Wildman–Crippen LogP) is 2.07. The SMILES string of the molecule is CCC(C#N)(NCC1CC1)C1CC1. The Morgan fingerprint density at radius 1 is 1.38 bits per heavy atom. The van der Waals surface area contributed by atoms with Crippen molar-refractivity contribution < 1.29 is 0 Å². The van der Waals surface area contributed by atoms with Crippen molar-refractivity contribution in [2.24, 2.45) is 11.8 Å². The Morgan fingerprint density at radius 3 is 2.46 bits per heavy atom. The summed E-state index contributed by atoms with van der Waals surface area (Å²) < 4.78 is 0. The first-order valence-corrected chi connectivity index (χ1v) is 5.47. The molecule has 0 saturated heterocycles. The molecule has 0 amide bonds. The maximum absolute atomic E-state index is 9.21. The third-order valence-electron chi connectivity index (χ3n) is 3.43. The minimum atomic E-state index is -0.178. The fraction of sp³-hybridized carbons (Fsp3) is 0.909. The summed E-state index contributed by atoms with van der Waals surface area (Å²) in [5.41, 5.74) is -0.178. The molecule has 0 bridgehead atoms. The molecule has 0 aromatic heterocycles. The number of hydrogen-bond acceptors (Lipinski definition) is 2. The van der Waals surface area contributed by atoms with Gasteiger partial charge >= 0.3 is 0 Å². The zero-order valence-electron chi connectivity index (χ0n) is 8.34. The maximum Gasteiger partial charge on any atom is 0.109 e. The Bertz CT molecular complexity index is 223. The van der Waals surface area contributed by atoms with Crippen LogP contribution in [0.5, 0.6) is 0 Å². The molecule has 1 atom stereocenters. The van der Waals surface area contributed by atoms with Gasteiger partial charge in [-0.15, -0.1) is 0 Å². The van der Waals surface area contributed by atoms with Crippen molar-refractivity contribution in [1.82, 2.24) is 5.32 Å². The van der Waals surface area contributed by atoms with Crippen molar-refractivity contribution in [3.63, 3.8) is 0 Å².